The summed E-state index contributed by atoms with van der Waals surface area (Å²) in [5.41, 5.74) is -0.144. The maximum Gasteiger partial charge on any atom is 0.130 e. The lowest BCUT2D eigenvalue weighted by atomic mass is 9.48. The zero-order valence-corrected chi connectivity index (χ0v) is 14.8. The first-order valence-corrected chi connectivity index (χ1v) is 9.60. The number of hydrogen-bond acceptors (Lipinski definition) is 3. The van der Waals surface area contributed by atoms with Gasteiger partial charge in [0, 0.05) is 5.41 Å². The summed E-state index contributed by atoms with van der Waals surface area (Å²) in [6, 6.07) is 0. The lowest BCUT2D eigenvalue weighted by Crippen LogP contribution is -2.56. The molecule has 0 aromatic heterocycles. The van der Waals surface area contributed by atoms with Gasteiger partial charge >= 0.3 is 0 Å². The van der Waals surface area contributed by atoms with Crippen molar-refractivity contribution in [2.24, 2.45) is 35.0 Å². The Balaban J connectivity index is 1.73. The van der Waals surface area contributed by atoms with Crippen LogP contribution < -0.4 is 0 Å². The van der Waals surface area contributed by atoms with Gasteiger partial charge in [-0.15, -0.1) is 6.42 Å². The van der Waals surface area contributed by atoms with Crippen LogP contribution in [0.5, 0.6) is 0 Å². The van der Waals surface area contributed by atoms with Crippen LogP contribution in [0.25, 0.3) is 0 Å². The van der Waals surface area contributed by atoms with Gasteiger partial charge in [-0.3, -0.25) is 0 Å². The van der Waals surface area contributed by atoms with Crippen molar-refractivity contribution in [3.63, 3.8) is 0 Å². The molecule has 4 aliphatic rings. The van der Waals surface area contributed by atoms with Crippen molar-refractivity contribution in [1.82, 2.24) is 0 Å². The summed E-state index contributed by atoms with van der Waals surface area (Å²) in [7, 11) is 0. The van der Waals surface area contributed by atoms with Crippen LogP contribution in [0.4, 0.5) is 0 Å². The zero-order valence-electron chi connectivity index (χ0n) is 14.8. The Kier molecular flexibility index (Phi) is 3.70. The predicted octanol–water partition coefficient (Wildman–Crippen LogP) is 2.50. The Morgan fingerprint density at radius 2 is 1.92 bits per heavy atom. The standard InChI is InChI=1S/C21H30O3/c1-4-21(24)10-8-17-18-12(2)19(23)16-11-13(22)5-6-14(16)15(18)7-9-20(17,21)3/h1,11-15,17-19,22-24H,5-10H2,2-3H3/t12-,13+,14+,15+,17-,18+,19+,20-,21-/m0/s1. The van der Waals surface area contributed by atoms with E-state index >= 15 is 0 Å². The summed E-state index contributed by atoms with van der Waals surface area (Å²) in [6.07, 6.45) is 12.2. The first-order chi connectivity index (χ1) is 11.3. The fraction of sp³-hybridized carbons (Fsp3) is 0.810. The molecule has 0 bridgehead atoms. The van der Waals surface area contributed by atoms with Crippen molar-refractivity contribution < 1.29 is 15.3 Å². The van der Waals surface area contributed by atoms with Crippen molar-refractivity contribution >= 4 is 0 Å². The normalized spacial score (nSPS) is 56.5. The number of terminal acetylenes is 1. The molecule has 9 atom stereocenters. The van der Waals surface area contributed by atoms with E-state index < -0.39 is 17.8 Å². The van der Waals surface area contributed by atoms with Crippen molar-refractivity contribution in [2.45, 2.75) is 70.2 Å². The predicted molar refractivity (Wildman–Crippen MR) is 92.8 cm³/mol. The Bertz CT molecular complexity index is 605. The number of aliphatic hydroxyl groups excluding tert-OH is 2. The van der Waals surface area contributed by atoms with E-state index in [1.165, 1.54) is 0 Å². The lowest BCUT2D eigenvalue weighted by molar-refractivity contribution is -0.117. The van der Waals surface area contributed by atoms with E-state index in [9.17, 15) is 15.3 Å². The quantitative estimate of drug-likeness (QED) is 0.472. The van der Waals surface area contributed by atoms with Crippen LogP contribution in [0.15, 0.2) is 11.6 Å². The highest BCUT2D eigenvalue weighted by Gasteiger charge is 2.64. The minimum Gasteiger partial charge on any atom is -0.389 e. The number of hydrogen-bond donors (Lipinski definition) is 3. The van der Waals surface area contributed by atoms with E-state index in [1.807, 2.05) is 6.08 Å². The van der Waals surface area contributed by atoms with Crippen molar-refractivity contribution in [2.75, 3.05) is 0 Å². The molecular formula is C21H30O3. The van der Waals surface area contributed by atoms with E-state index in [0.29, 0.717) is 30.1 Å². The fourth-order valence-electron chi connectivity index (χ4n) is 6.94. The number of rotatable bonds is 0. The highest BCUT2D eigenvalue weighted by Crippen LogP contribution is 2.65. The van der Waals surface area contributed by atoms with Crippen LogP contribution in [0, 0.1) is 47.3 Å². The van der Waals surface area contributed by atoms with Crippen LogP contribution in [0.3, 0.4) is 0 Å². The fourth-order valence-corrected chi connectivity index (χ4v) is 6.94. The van der Waals surface area contributed by atoms with Crippen LogP contribution in [-0.4, -0.2) is 33.1 Å². The molecule has 0 aliphatic heterocycles. The van der Waals surface area contributed by atoms with E-state index in [2.05, 4.69) is 19.8 Å². The molecule has 24 heavy (non-hydrogen) atoms. The highest BCUT2D eigenvalue weighted by atomic mass is 16.3. The van der Waals surface area contributed by atoms with Gasteiger partial charge in [-0.2, -0.15) is 0 Å². The van der Waals surface area contributed by atoms with Gasteiger partial charge in [-0.05, 0) is 73.7 Å². The van der Waals surface area contributed by atoms with E-state index in [-0.39, 0.29) is 11.3 Å². The second-order valence-corrected chi connectivity index (χ2v) is 9.07. The van der Waals surface area contributed by atoms with Gasteiger partial charge < -0.3 is 15.3 Å². The molecule has 0 aromatic rings. The third-order valence-corrected chi connectivity index (χ3v) is 8.33. The lowest BCUT2D eigenvalue weighted by Gasteiger charge is -2.58. The maximum atomic E-state index is 11.0. The molecule has 132 valence electrons. The molecule has 3 heteroatoms. The molecule has 0 saturated heterocycles. The molecule has 3 nitrogen and oxygen atoms in total. The van der Waals surface area contributed by atoms with E-state index in [1.54, 1.807) is 0 Å². The topological polar surface area (TPSA) is 60.7 Å². The summed E-state index contributed by atoms with van der Waals surface area (Å²) < 4.78 is 0. The molecule has 0 aromatic carbocycles. The summed E-state index contributed by atoms with van der Waals surface area (Å²) >= 11 is 0. The monoisotopic (exact) mass is 330 g/mol. The Hall–Kier alpha value is -0.820. The van der Waals surface area contributed by atoms with Gasteiger partial charge in [0.05, 0.1) is 12.2 Å². The molecule has 0 unspecified atom stereocenters. The molecule has 4 rings (SSSR count). The zero-order chi connectivity index (χ0) is 17.3. The third kappa shape index (κ3) is 1.97. The second-order valence-electron chi connectivity index (χ2n) is 9.07. The molecular weight excluding hydrogens is 300 g/mol. The third-order valence-electron chi connectivity index (χ3n) is 8.33. The Labute approximate surface area is 145 Å². The minimum atomic E-state index is -0.994. The summed E-state index contributed by atoms with van der Waals surface area (Å²) in [6.45, 7) is 4.33. The summed E-state index contributed by atoms with van der Waals surface area (Å²) in [5, 5.41) is 32.0. The average molecular weight is 330 g/mol. The SMILES string of the molecule is C#C[C@]1(O)CC[C@H]2[C@@H]3[C@H](C)[C@@H](O)C4=C[C@H](O)CC[C@@H]4[C@H]3CC[C@@]21C. The van der Waals surface area contributed by atoms with Crippen LogP contribution in [0.1, 0.15) is 52.4 Å². The minimum absolute atomic E-state index is 0.160. The molecule has 0 heterocycles. The van der Waals surface area contributed by atoms with Crippen LogP contribution >= 0.6 is 0 Å². The molecule has 0 radical (unpaired) electrons. The van der Waals surface area contributed by atoms with E-state index in [0.717, 1.165) is 37.7 Å². The summed E-state index contributed by atoms with van der Waals surface area (Å²) in [5.74, 6) is 4.62. The summed E-state index contributed by atoms with van der Waals surface area (Å²) in [4.78, 5) is 0. The van der Waals surface area contributed by atoms with Gasteiger partial charge in [0.2, 0.25) is 0 Å². The highest BCUT2D eigenvalue weighted by molar-refractivity contribution is 5.28. The first kappa shape index (κ1) is 16.6. The van der Waals surface area contributed by atoms with Gasteiger partial charge in [0.1, 0.15) is 5.60 Å². The molecule has 4 aliphatic carbocycles. The van der Waals surface area contributed by atoms with Crippen molar-refractivity contribution in [3.05, 3.63) is 11.6 Å². The number of fused-ring (bicyclic) bond motifs is 5. The Morgan fingerprint density at radius 3 is 2.62 bits per heavy atom. The van der Waals surface area contributed by atoms with Crippen LogP contribution in [0.2, 0.25) is 0 Å². The number of aliphatic hydroxyl groups is 3. The van der Waals surface area contributed by atoms with Gasteiger partial charge in [-0.25, -0.2) is 0 Å². The molecule has 0 amide bonds. The van der Waals surface area contributed by atoms with Gasteiger partial charge in [0.15, 0.2) is 0 Å². The van der Waals surface area contributed by atoms with Crippen LogP contribution in [-0.2, 0) is 0 Å². The second kappa shape index (κ2) is 5.34. The Morgan fingerprint density at radius 1 is 1.17 bits per heavy atom. The average Bonchev–Trinajstić information content (AvgIpc) is 2.84. The first-order valence-electron chi connectivity index (χ1n) is 9.60. The maximum absolute atomic E-state index is 11.0. The largest absolute Gasteiger partial charge is 0.389 e. The molecule has 3 saturated carbocycles. The van der Waals surface area contributed by atoms with Crippen molar-refractivity contribution in [1.29, 1.82) is 0 Å². The smallest absolute Gasteiger partial charge is 0.130 e. The van der Waals surface area contributed by atoms with Gasteiger partial charge in [-0.1, -0.05) is 25.8 Å². The van der Waals surface area contributed by atoms with Gasteiger partial charge in [0.25, 0.3) is 0 Å². The van der Waals surface area contributed by atoms with Crippen molar-refractivity contribution in [3.8, 4) is 12.3 Å². The van der Waals surface area contributed by atoms with E-state index in [4.69, 9.17) is 6.42 Å². The molecule has 0 spiro atoms. The molecule has 3 fully saturated rings. The molecule has 3 N–H and O–H groups in total.